The number of hydrazone groups is 1. The van der Waals surface area contributed by atoms with Crippen LogP contribution < -0.4 is 10.7 Å². The molecule has 0 spiro atoms. The van der Waals surface area contributed by atoms with Gasteiger partial charge in [0.25, 0.3) is 11.8 Å². The van der Waals surface area contributed by atoms with Crippen molar-refractivity contribution >= 4 is 33.5 Å². The molecule has 2 amide bonds. The predicted molar refractivity (Wildman–Crippen MR) is 85.5 cm³/mol. The molecule has 1 aromatic carbocycles. The number of hydrogen-bond acceptors (Lipinski definition) is 4. The molecule has 0 radical (unpaired) electrons. The van der Waals surface area contributed by atoms with Crippen molar-refractivity contribution in [2.24, 2.45) is 5.10 Å². The Balaban J connectivity index is 1.84. The molecule has 7 heteroatoms. The minimum absolute atomic E-state index is 0.172. The number of halogens is 1. The van der Waals surface area contributed by atoms with Gasteiger partial charge in [0.1, 0.15) is 11.5 Å². The fourth-order valence-electron chi connectivity index (χ4n) is 1.63. The maximum atomic E-state index is 11.9. The van der Waals surface area contributed by atoms with E-state index in [1.165, 1.54) is 6.26 Å². The third-order valence-electron chi connectivity index (χ3n) is 2.75. The molecular formula is C15H14BrN3O3. The number of carbonyl (C=O) groups is 2. The van der Waals surface area contributed by atoms with Crippen LogP contribution in [0.1, 0.15) is 23.0 Å². The lowest BCUT2D eigenvalue weighted by atomic mass is 10.2. The van der Waals surface area contributed by atoms with Crippen molar-refractivity contribution in [1.82, 2.24) is 10.7 Å². The van der Waals surface area contributed by atoms with Crippen LogP contribution in [-0.4, -0.2) is 24.1 Å². The number of benzene rings is 1. The Morgan fingerprint density at radius 1 is 1.23 bits per heavy atom. The van der Waals surface area contributed by atoms with E-state index in [9.17, 15) is 9.59 Å². The summed E-state index contributed by atoms with van der Waals surface area (Å²) in [7, 11) is 0. The zero-order valence-electron chi connectivity index (χ0n) is 11.8. The Morgan fingerprint density at radius 2 is 2.00 bits per heavy atom. The van der Waals surface area contributed by atoms with Gasteiger partial charge < -0.3 is 9.73 Å². The van der Waals surface area contributed by atoms with Gasteiger partial charge in [0.15, 0.2) is 0 Å². The fourth-order valence-corrected chi connectivity index (χ4v) is 2.09. The first-order valence-electron chi connectivity index (χ1n) is 6.47. The molecule has 0 aliphatic carbocycles. The quantitative estimate of drug-likeness (QED) is 0.631. The van der Waals surface area contributed by atoms with E-state index >= 15 is 0 Å². The van der Waals surface area contributed by atoms with E-state index in [2.05, 4.69) is 31.8 Å². The molecule has 0 aliphatic rings. The molecule has 1 heterocycles. The second-order valence-electron chi connectivity index (χ2n) is 4.37. The molecule has 0 aliphatic heterocycles. The Morgan fingerprint density at radius 3 is 2.68 bits per heavy atom. The van der Waals surface area contributed by atoms with Gasteiger partial charge in [-0.2, -0.15) is 5.10 Å². The summed E-state index contributed by atoms with van der Waals surface area (Å²) in [6.07, 6.45) is 1.52. The zero-order chi connectivity index (χ0) is 15.9. The number of nitrogens with zero attached hydrogens (tertiary/aromatic N) is 1. The molecule has 0 fully saturated rings. The van der Waals surface area contributed by atoms with Crippen LogP contribution in [0.25, 0.3) is 0 Å². The highest BCUT2D eigenvalue weighted by Crippen LogP contribution is 2.15. The molecule has 0 unspecified atom stereocenters. The SMILES string of the molecule is CC(=NNC(=O)CNC(=O)c1ccccc1Br)c1ccco1. The summed E-state index contributed by atoms with van der Waals surface area (Å²) < 4.78 is 5.81. The number of carbonyl (C=O) groups excluding carboxylic acids is 2. The molecule has 22 heavy (non-hydrogen) atoms. The minimum Gasteiger partial charge on any atom is -0.463 e. The molecule has 0 saturated heterocycles. The van der Waals surface area contributed by atoms with Gasteiger partial charge in [-0.15, -0.1) is 0 Å². The van der Waals surface area contributed by atoms with E-state index in [-0.39, 0.29) is 12.5 Å². The largest absolute Gasteiger partial charge is 0.463 e. The van der Waals surface area contributed by atoms with Crippen LogP contribution in [-0.2, 0) is 4.79 Å². The van der Waals surface area contributed by atoms with Crippen molar-refractivity contribution < 1.29 is 14.0 Å². The molecule has 2 N–H and O–H groups in total. The Hall–Kier alpha value is -2.41. The van der Waals surface area contributed by atoms with Gasteiger partial charge in [0.2, 0.25) is 0 Å². The summed E-state index contributed by atoms with van der Waals surface area (Å²) in [5.74, 6) is -0.196. The molecule has 114 valence electrons. The first kappa shape index (κ1) is 16.0. The number of furan rings is 1. The summed E-state index contributed by atoms with van der Waals surface area (Å²) in [6.45, 7) is 1.54. The van der Waals surface area contributed by atoms with Gasteiger partial charge >= 0.3 is 0 Å². The second-order valence-corrected chi connectivity index (χ2v) is 5.23. The van der Waals surface area contributed by atoms with E-state index in [1.807, 2.05) is 0 Å². The Bertz CT molecular complexity index is 696. The number of amides is 2. The van der Waals surface area contributed by atoms with Gasteiger partial charge in [-0.3, -0.25) is 9.59 Å². The van der Waals surface area contributed by atoms with Crippen molar-refractivity contribution in [2.45, 2.75) is 6.92 Å². The molecule has 1 aromatic heterocycles. The van der Waals surface area contributed by atoms with E-state index in [0.717, 1.165) is 0 Å². The van der Waals surface area contributed by atoms with Gasteiger partial charge in [0.05, 0.1) is 18.4 Å². The highest BCUT2D eigenvalue weighted by atomic mass is 79.9. The van der Waals surface area contributed by atoms with Crippen molar-refractivity contribution in [3.8, 4) is 0 Å². The molecular weight excluding hydrogens is 350 g/mol. The summed E-state index contributed by atoms with van der Waals surface area (Å²) >= 11 is 3.28. The van der Waals surface area contributed by atoms with Crippen molar-refractivity contribution in [3.05, 3.63) is 58.5 Å². The fraction of sp³-hybridized carbons (Fsp3) is 0.133. The van der Waals surface area contributed by atoms with E-state index < -0.39 is 5.91 Å². The summed E-state index contributed by atoms with van der Waals surface area (Å²) in [5.41, 5.74) is 3.36. The number of hydrogen-bond donors (Lipinski definition) is 2. The summed E-state index contributed by atoms with van der Waals surface area (Å²) in [5, 5.41) is 6.42. The average molecular weight is 364 g/mol. The summed E-state index contributed by atoms with van der Waals surface area (Å²) in [6, 6.07) is 10.4. The van der Waals surface area contributed by atoms with Crippen LogP contribution in [0.15, 0.2) is 56.7 Å². The number of rotatable bonds is 5. The van der Waals surface area contributed by atoms with Crippen LogP contribution >= 0.6 is 15.9 Å². The molecule has 0 saturated carbocycles. The van der Waals surface area contributed by atoms with Gasteiger partial charge in [-0.05, 0) is 47.1 Å². The van der Waals surface area contributed by atoms with E-state index in [0.29, 0.717) is 21.5 Å². The van der Waals surface area contributed by atoms with Crippen LogP contribution in [0.5, 0.6) is 0 Å². The normalized spacial score (nSPS) is 11.1. The highest BCUT2D eigenvalue weighted by Gasteiger charge is 2.10. The third kappa shape index (κ3) is 4.29. The monoisotopic (exact) mass is 363 g/mol. The average Bonchev–Trinajstić information content (AvgIpc) is 3.05. The van der Waals surface area contributed by atoms with Crippen molar-refractivity contribution in [1.29, 1.82) is 0 Å². The third-order valence-corrected chi connectivity index (χ3v) is 3.45. The van der Waals surface area contributed by atoms with Crippen LogP contribution in [0.3, 0.4) is 0 Å². The molecule has 0 bridgehead atoms. The van der Waals surface area contributed by atoms with Crippen LogP contribution in [0.4, 0.5) is 0 Å². The van der Waals surface area contributed by atoms with Gasteiger partial charge in [-0.1, -0.05) is 12.1 Å². The maximum Gasteiger partial charge on any atom is 0.259 e. The van der Waals surface area contributed by atoms with Crippen LogP contribution in [0, 0.1) is 0 Å². The topological polar surface area (TPSA) is 83.7 Å². The minimum atomic E-state index is -0.425. The molecule has 0 atom stereocenters. The van der Waals surface area contributed by atoms with Crippen molar-refractivity contribution in [2.75, 3.05) is 6.54 Å². The Kier molecular flexibility index (Phi) is 5.48. The first-order chi connectivity index (χ1) is 10.6. The maximum absolute atomic E-state index is 11.9. The Labute approximate surface area is 135 Å². The highest BCUT2D eigenvalue weighted by molar-refractivity contribution is 9.10. The second kappa shape index (κ2) is 7.56. The lowest BCUT2D eigenvalue weighted by molar-refractivity contribution is -0.120. The standard InChI is InChI=1S/C15H14BrN3O3/c1-10(13-7-4-8-22-13)18-19-14(20)9-17-15(21)11-5-2-3-6-12(11)16/h2-8H,9H2,1H3,(H,17,21)(H,19,20). The summed E-state index contributed by atoms with van der Waals surface area (Å²) in [4.78, 5) is 23.6. The van der Waals surface area contributed by atoms with E-state index in [4.69, 9.17) is 4.42 Å². The number of nitrogens with one attached hydrogen (secondary N) is 2. The predicted octanol–water partition coefficient (Wildman–Crippen LogP) is 2.31. The van der Waals surface area contributed by atoms with E-state index in [1.54, 1.807) is 43.3 Å². The molecule has 2 aromatic rings. The van der Waals surface area contributed by atoms with Crippen molar-refractivity contribution in [3.63, 3.8) is 0 Å². The first-order valence-corrected chi connectivity index (χ1v) is 7.27. The molecule has 2 rings (SSSR count). The van der Waals surface area contributed by atoms with Gasteiger partial charge in [0, 0.05) is 4.47 Å². The lowest BCUT2D eigenvalue weighted by Gasteiger charge is -2.06. The smallest absolute Gasteiger partial charge is 0.259 e. The van der Waals surface area contributed by atoms with Gasteiger partial charge in [-0.25, -0.2) is 5.43 Å². The molecule has 6 nitrogen and oxygen atoms in total. The zero-order valence-corrected chi connectivity index (χ0v) is 13.4. The lowest BCUT2D eigenvalue weighted by Crippen LogP contribution is -2.35. The van der Waals surface area contributed by atoms with Crippen LogP contribution in [0.2, 0.25) is 0 Å².